The summed E-state index contributed by atoms with van der Waals surface area (Å²) in [5, 5.41) is 0. The Morgan fingerprint density at radius 3 is 2.44 bits per heavy atom. The van der Waals surface area contributed by atoms with Crippen LogP contribution >= 0.6 is 0 Å². The molecule has 1 aromatic rings. The minimum absolute atomic E-state index is 0.0418. The molecule has 16 heavy (non-hydrogen) atoms. The van der Waals surface area contributed by atoms with Crippen molar-refractivity contribution in [2.45, 2.75) is 20.0 Å². The fourth-order valence-corrected chi connectivity index (χ4v) is 1.20. The number of methoxy groups -OCH3 is 1. The molecular weight excluding hydrogens is 218 g/mol. The topological polar surface area (TPSA) is 35.5 Å². The highest BCUT2D eigenvalue weighted by Gasteiger charge is 2.24. The Kier molecular flexibility index (Phi) is 3.47. The zero-order valence-electron chi connectivity index (χ0n) is 9.21. The molecule has 0 aliphatic carbocycles. The summed E-state index contributed by atoms with van der Waals surface area (Å²) >= 11 is 0. The molecule has 0 aliphatic rings. The lowest BCUT2D eigenvalue weighted by Crippen LogP contribution is -2.19. The van der Waals surface area contributed by atoms with Crippen molar-refractivity contribution in [1.82, 2.24) is 0 Å². The molecule has 5 heteroatoms. The summed E-state index contributed by atoms with van der Waals surface area (Å²) in [5.41, 5.74) is 0.746. The number of hydrogen-bond donors (Lipinski definition) is 0. The molecule has 0 atom stereocenters. The first-order valence-corrected chi connectivity index (χ1v) is 4.59. The first-order chi connectivity index (χ1) is 7.33. The highest BCUT2D eigenvalue weighted by atomic mass is 19.3. The number of hydrogen-bond acceptors (Lipinski definition) is 3. The summed E-state index contributed by atoms with van der Waals surface area (Å²) in [7, 11) is 1.25. The van der Waals surface area contributed by atoms with E-state index < -0.39 is 12.1 Å². The number of halogens is 2. The maximum Gasteiger partial charge on any atom is 0.394 e. The van der Waals surface area contributed by atoms with E-state index >= 15 is 0 Å². The Bertz CT molecular complexity index is 397. The number of rotatable bonds is 3. The average molecular weight is 230 g/mol. The van der Waals surface area contributed by atoms with E-state index in [1.54, 1.807) is 6.92 Å². The number of carbonyl (C=O) groups is 1. The average Bonchev–Trinajstić information content (AvgIpc) is 2.18. The minimum Gasteiger partial charge on any atom is -0.465 e. The van der Waals surface area contributed by atoms with Gasteiger partial charge < -0.3 is 9.47 Å². The molecule has 0 radical (unpaired) electrons. The molecule has 0 fully saturated rings. The number of benzene rings is 1. The fourth-order valence-electron chi connectivity index (χ4n) is 1.20. The van der Waals surface area contributed by atoms with Crippen molar-refractivity contribution >= 4 is 5.97 Å². The Morgan fingerprint density at radius 2 is 2.00 bits per heavy atom. The lowest BCUT2D eigenvalue weighted by atomic mass is 10.1. The second kappa shape index (κ2) is 4.47. The van der Waals surface area contributed by atoms with Gasteiger partial charge in [0.2, 0.25) is 0 Å². The van der Waals surface area contributed by atoms with E-state index in [9.17, 15) is 13.6 Å². The van der Waals surface area contributed by atoms with Crippen LogP contribution in [-0.4, -0.2) is 19.2 Å². The highest BCUT2D eigenvalue weighted by Crippen LogP contribution is 2.25. The van der Waals surface area contributed by atoms with Gasteiger partial charge in [-0.1, -0.05) is 0 Å². The third-order valence-corrected chi connectivity index (χ3v) is 1.89. The minimum atomic E-state index is -3.24. The summed E-state index contributed by atoms with van der Waals surface area (Å²) in [6.45, 7) is 2.23. The van der Waals surface area contributed by atoms with Gasteiger partial charge in [0.25, 0.3) is 0 Å². The Labute approximate surface area is 92.0 Å². The fraction of sp³-hybridized carbons (Fsp3) is 0.364. The van der Waals surface area contributed by atoms with Gasteiger partial charge in [-0.3, -0.25) is 0 Å². The summed E-state index contributed by atoms with van der Waals surface area (Å²) in [4.78, 5) is 11.2. The SMILES string of the molecule is COC(=O)c1ccc(OC(C)(F)F)c(C)c1. The molecule has 0 aromatic heterocycles. The normalized spacial score (nSPS) is 11.1. The predicted molar refractivity (Wildman–Crippen MR) is 53.8 cm³/mol. The molecule has 3 nitrogen and oxygen atoms in total. The monoisotopic (exact) mass is 230 g/mol. The molecule has 0 amide bonds. The molecule has 0 N–H and O–H groups in total. The van der Waals surface area contributed by atoms with Gasteiger partial charge in [0.1, 0.15) is 5.75 Å². The quantitative estimate of drug-likeness (QED) is 0.749. The molecule has 0 saturated heterocycles. The molecular formula is C11H12F2O3. The van der Waals surface area contributed by atoms with Gasteiger partial charge in [-0.25, -0.2) is 4.79 Å². The number of ether oxygens (including phenoxy) is 2. The molecule has 1 rings (SSSR count). The first kappa shape index (κ1) is 12.4. The third-order valence-electron chi connectivity index (χ3n) is 1.89. The summed E-state index contributed by atoms with van der Waals surface area (Å²) in [6.07, 6.45) is -3.24. The van der Waals surface area contributed by atoms with Crippen LogP contribution in [0.3, 0.4) is 0 Å². The van der Waals surface area contributed by atoms with Gasteiger partial charge >= 0.3 is 12.1 Å². The van der Waals surface area contributed by atoms with Crippen molar-refractivity contribution in [3.63, 3.8) is 0 Å². The van der Waals surface area contributed by atoms with Crippen LogP contribution in [-0.2, 0) is 4.74 Å². The summed E-state index contributed by atoms with van der Waals surface area (Å²) in [5.74, 6) is -0.474. The number of aryl methyl sites for hydroxylation is 1. The van der Waals surface area contributed by atoms with Crippen molar-refractivity contribution in [3.8, 4) is 5.75 Å². The van der Waals surface area contributed by atoms with Gasteiger partial charge in [-0.2, -0.15) is 8.78 Å². The van der Waals surface area contributed by atoms with Crippen molar-refractivity contribution in [3.05, 3.63) is 29.3 Å². The van der Waals surface area contributed by atoms with E-state index in [-0.39, 0.29) is 5.75 Å². The van der Waals surface area contributed by atoms with Crippen LogP contribution in [0.15, 0.2) is 18.2 Å². The maximum absolute atomic E-state index is 12.6. The van der Waals surface area contributed by atoms with Crippen LogP contribution in [0.1, 0.15) is 22.8 Å². The molecule has 0 saturated carbocycles. The maximum atomic E-state index is 12.6. The molecule has 1 aromatic carbocycles. The van der Waals surface area contributed by atoms with E-state index in [1.807, 2.05) is 0 Å². The lowest BCUT2D eigenvalue weighted by molar-refractivity contribution is -0.159. The van der Waals surface area contributed by atoms with Crippen LogP contribution in [0.2, 0.25) is 0 Å². The summed E-state index contributed by atoms with van der Waals surface area (Å²) < 4.78 is 34.1. The van der Waals surface area contributed by atoms with E-state index in [0.29, 0.717) is 18.1 Å². The molecule has 0 unspecified atom stereocenters. The van der Waals surface area contributed by atoms with Crippen LogP contribution < -0.4 is 4.74 Å². The van der Waals surface area contributed by atoms with E-state index in [2.05, 4.69) is 9.47 Å². The van der Waals surface area contributed by atoms with Gasteiger partial charge in [0.15, 0.2) is 0 Å². The Hall–Kier alpha value is -1.65. The van der Waals surface area contributed by atoms with Crippen molar-refractivity contribution < 1.29 is 23.0 Å². The van der Waals surface area contributed by atoms with Crippen LogP contribution in [0.25, 0.3) is 0 Å². The first-order valence-electron chi connectivity index (χ1n) is 4.59. The zero-order chi connectivity index (χ0) is 12.3. The van der Waals surface area contributed by atoms with Gasteiger partial charge in [0.05, 0.1) is 12.7 Å². The standard InChI is InChI=1S/C11H12F2O3/c1-7-6-8(10(14)15-3)4-5-9(7)16-11(2,12)13/h4-6H,1-3H3. The van der Waals surface area contributed by atoms with Gasteiger partial charge in [-0.15, -0.1) is 0 Å². The van der Waals surface area contributed by atoms with Crippen LogP contribution in [0.5, 0.6) is 5.75 Å². The van der Waals surface area contributed by atoms with Gasteiger partial charge in [0, 0.05) is 6.92 Å². The molecule has 0 spiro atoms. The largest absolute Gasteiger partial charge is 0.465 e. The predicted octanol–water partition coefficient (Wildman–Crippen LogP) is 2.77. The second-order valence-electron chi connectivity index (χ2n) is 3.38. The van der Waals surface area contributed by atoms with E-state index in [0.717, 1.165) is 0 Å². The molecule has 0 aliphatic heterocycles. The van der Waals surface area contributed by atoms with Crippen molar-refractivity contribution in [1.29, 1.82) is 0 Å². The number of esters is 1. The number of alkyl halides is 2. The van der Waals surface area contributed by atoms with E-state index in [1.165, 1.54) is 25.3 Å². The molecule has 88 valence electrons. The second-order valence-corrected chi connectivity index (χ2v) is 3.38. The smallest absolute Gasteiger partial charge is 0.394 e. The van der Waals surface area contributed by atoms with Gasteiger partial charge in [-0.05, 0) is 30.7 Å². The molecule has 0 bridgehead atoms. The Morgan fingerprint density at radius 1 is 1.38 bits per heavy atom. The Balaban J connectivity index is 2.96. The lowest BCUT2D eigenvalue weighted by Gasteiger charge is -2.15. The number of carbonyl (C=O) groups excluding carboxylic acids is 1. The van der Waals surface area contributed by atoms with Crippen molar-refractivity contribution in [2.24, 2.45) is 0 Å². The van der Waals surface area contributed by atoms with Crippen LogP contribution in [0.4, 0.5) is 8.78 Å². The molecule has 0 heterocycles. The highest BCUT2D eigenvalue weighted by molar-refractivity contribution is 5.89. The third kappa shape index (κ3) is 3.18. The summed E-state index contributed by atoms with van der Waals surface area (Å²) in [6, 6.07) is 4.13. The van der Waals surface area contributed by atoms with E-state index in [4.69, 9.17) is 0 Å². The van der Waals surface area contributed by atoms with Crippen molar-refractivity contribution in [2.75, 3.05) is 7.11 Å². The zero-order valence-corrected chi connectivity index (χ0v) is 9.21. The van der Waals surface area contributed by atoms with Crippen LogP contribution in [0, 0.1) is 6.92 Å².